The fourth-order valence-electron chi connectivity index (χ4n) is 2.66. The molecule has 1 aliphatic rings. The van der Waals surface area contributed by atoms with Crippen molar-refractivity contribution in [2.75, 3.05) is 10.6 Å². The third kappa shape index (κ3) is 4.03. The van der Waals surface area contributed by atoms with E-state index in [1.54, 1.807) is 48.5 Å². The van der Waals surface area contributed by atoms with Crippen molar-refractivity contribution in [3.05, 3.63) is 60.0 Å². The Bertz CT molecular complexity index is 973. The first-order valence-corrected chi connectivity index (χ1v) is 8.71. The monoisotopic (exact) mass is 362 g/mol. The van der Waals surface area contributed by atoms with Crippen LogP contribution < -0.4 is 10.6 Å². The number of aromatic nitrogens is 2. The Morgan fingerprint density at radius 2 is 1.59 bits per heavy atom. The van der Waals surface area contributed by atoms with E-state index in [9.17, 15) is 9.59 Å². The molecule has 7 nitrogen and oxygen atoms in total. The van der Waals surface area contributed by atoms with Crippen molar-refractivity contribution in [2.45, 2.75) is 25.7 Å². The lowest BCUT2D eigenvalue weighted by molar-refractivity contribution is -0.114. The minimum atomic E-state index is -0.222. The van der Waals surface area contributed by atoms with Gasteiger partial charge in [-0.2, -0.15) is 4.98 Å². The highest BCUT2D eigenvalue weighted by Gasteiger charge is 2.29. The maximum atomic E-state index is 12.4. The molecular formula is C20H18N4O3. The quantitative estimate of drug-likeness (QED) is 0.719. The van der Waals surface area contributed by atoms with Crippen molar-refractivity contribution in [1.29, 1.82) is 0 Å². The van der Waals surface area contributed by atoms with Crippen LogP contribution in [0, 0.1) is 0 Å². The fourth-order valence-corrected chi connectivity index (χ4v) is 2.66. The highest BCUT2D eigenvalue weighted by atomic mass is 16.5. The molecule has 1 heterocycles. The van der Waals surface area contributed by atoms with Crippen LogP contribution in [-0.2, 0) is 4.79 Å². The molecule has 1 fully saturated rings. The minimum absolute atomic E-state index is 0.141. The van der Waals surface area contributed by atoms with Crippen LogP contribution >= 0.6 is 0 Å². The molecule has 0 radical (unpaired) electrons. The Balaban J connectivity index is 1.41. The van der Waals surface area contributed by atoms with E-state index in [0.29, 0.717) is 34.6 Å². The second-order valence-electron chi connectivity index (χ2n) is 6.52. The van der Waals surface area contributed by atoms with E-state index in [-0.39, 0.29) is 11.8 Å². The Kier molecular flexibility index (Phi) is 4.42. The number of rotatable bonds is 5. The van der Waals surface area contributed by atoms with Gasteiger partial charge in [-0.05, 0) is 49.2 Å². The van der Waals surface area contributed by atoms with Gasteiger partial charge in [-0.1, -0.05) is 17.3 Å². The van der Waals surface area contributed by atoms with Gasteiger partial charge in [-0.15, -0.1) is 0 Å². The molecule has 0 atom stereocenters. The molecule has 0 spiro atoms. The molecular weight excluding hydrogens is 344 g/mol. The van der Waals surface area contributed by atoms with Gasteiger partial charge in [0.15, 0.2) is 0 Å². The molecule has 27 heavy (non-hydrogen) atoms. The predicted molar refractivity (Wildman–Crippen MR) is 100 cm³/mol. The Morgan fingerprint density at radius 1 is 0.963 bits per heavy atom. The number of hydrogen-bond acceptors (Lipinski definition) is 5. The van der Waals surface area contributed by atoms with E-state index < -0.39 is 0 Å². The summed E-state index contributed by atoms with van der Waals surface area (Å²) in [7, 11) is 0. The molecule has 3 aromatic rings. The molecule has 136 valence electrons. The SMILES string of the molecule is CC(=O)Nc1ccc(NC(=O)c2ccc(-c3noc(C4CC4)n3)cc2)cc1. The van der Waals surface area contributed by atoms with Crippen LogP contribution in [0.3, 0.4) is 0 Å². The standard InChI is InChI=1S/C20H18N4O3/c1-12(25)21-16-8-10-17(11-9-16)22-19(26)14-4-2-13(3-5-14)18-23-20(27-24-18)15-6-7-15/h2-5,8-11,15H,6-7H2,1H3,(H,21,25)(H,22,26). The largest absolute Gasteiger partial charge is 0.339 e. The zero-order valence-corrected chi connectivity index (χ0v) is 14.7. The molecule has 1 saturated carbocycles. The average molecular weight is 362 g/mol. The van der Waals surface area contributed by atoms with Gasteiger partial charge in [-0.3, -0.25) is 9.59 Å². The zero-order chi connectivity index (χ0) is 18.8. The van der Waals surface area contributed by atoms with Crippen molar-refractivity contribution in [3.63, 3.8) is 0 Å². The first kappa shape index (κ1) is 17.0. The Morgan fingerprint density at radius 3 is 2.19 bits per heavy atom. The van der Waals surface area contributed by atoms with Gasteiger partial charge in [0.25, 0.3) is 5.91 Å². The van der Waals surface area contributed by atoms with Crippen molar-refractivity contribution >= 4 is 23.2 Å². The highest BCUT2D eigenvalue weighted by Crippen LogP contribution is 2.39. The third-order valence-corrected chi connectivity index (χ3v) is 4.24. The summed E-state index contributed by atoms with van der Waals surface area (Å²) < 4.78 is 5.27. The summed E-state index contributed by atoms with van der Waals surface area (Å²) in [5.41, 5.74) is 2.65. The van der Waals surface area contributed by atoms with Crippen molar-refractivity contribution in [1.82, 2.24) is 10.1 Å². The van der Waals surface area contributed by atoms with Crippen LogP contribution in [0.4, 0.5) is 11.4 Å². The summed E-state index contributed by atoms with van der Waals surface area (Å²) in [6, 6.07) is 14.0. The lowest BCUT2D eigenvalue weighted by Gasteiger charge is -2.07. The Labute approximate surface area is 155 Å². The molecule has 0 bridgehead atoms. The van der Waals surface area contributed by atoms with Gasteiger partial charge >= 0.3 is 0 Å². The summed E-state index contributed by atoms with van der Waals surface area (Å²) in [5, 5.41) is 9.51. The van der Waals surface area contributed by atoms with Crippen molar-refractivity contribution < 1.29 is 14.1 Å². The third-order valence-electron chi connectivity index (χ3n) is 4.24. The van der Waals surface area contributed by atoms with Crippen molar-refractivity contribution in [2.24, 2.45) is 0 Å². The molecule has 0 unspecified atom stereocenters. The number of anilines is 2. The summed E-state index contributed by atoms with van der Waals surface area (Å²) in [5.74, 6) is 1.28. The van der Waals surface area contributed by atoms with Gasteiger partial charge in [-0.25, -0.2) is 0 Å². The molecule has 2 N–H and O–H groups in total. The van der Waals surface area contributed by atoms with Gasteiger partial charge in [0.05, 0.1) is 0 Å². The normalized spacial score (nSPS) is 13.2. The molecule has 1 aliphatic carbocycles. The zero-order valence-electron chi connectivity index (χ0n) is 14.7. The number of nitrogens with one attached hydrogen (secondary N) is 2. The number of nitrogens with zero attached hydrogens (tertiary/aromatic N) is 2. The fraction of sp³-hybridized carbons (Fsp3) is 0.200. The number of carbonyl (C=O) groups is 2. The summed E-state index contributed by atoms with van der Waals surface area (Å²) in [4.78, 5) is 27.8. The van der Waals surface area contributed by atoms with Crippen LogP contribution in [0.25, 0.3) is 11.4 Å². The summed E-state index contributed by atoms with van der Waals surface area (Å²) >= 11 is 0. The van der Waals surface area contributed by atoms with Crippen LogP contribution in [0.15, 0.2) is 53.1 Å². The smallest absolute Gasteiger partial charge is 0.255 e. The van der Waals surface area contributed by atoms with Crippen LogP contribution in [0.1, 0.15) is 41.9 Å². The lowest BCUT2D eigenvalue weighted by Crippen LogP contribution is -2.12. The molecule has 2 amide bonds. The van der Waals surface area contributed by atoms with Gasteiger partial charge < -0.3 is 15.2 Å². The Hall–Kier alpha value is -3.48. The number of benzene rings is 2. The molecule has 0 saturated heterocycles. The van der Waals surface area contributed by atoms with Gasteiger partial charge in [0, 0.05) is 35.3 Å². The lowest BCUT2D eigenvalue weighted by atomic mass is 10.1. The van der Waals surface area contributed by atoms with E-state index in [2.05, 4.69) is 20.8 Å². The second-order valence-corrected chi connectivity index (χ2v) is 6.52. The molecule has 2 aromatic carbocycles. The molecule has 7 heteroatoms. The van der Waals surface area contributed by atoms with Crippen LogP contribution in [0.5, 0.6) is 0 Å². The first-order valence-electron chi connectivity index (χ1n) is 8.71. The number of carbonyl (C=O) groups excluding carboxylic acids is 2. The highest BCUT2D eigenvalue weighted by molar-refractivity contribution is 6.04. The predicted octanol–water partition coefficient (Wildman–Crippen LogP) is 3.82. The molecule has 0 aliphatic heterocycles. The number of amides is 2. The van der Waals surface area contributed by atoms with Crippen LogP contribution in [-0.4, -0.2) is 22.0 Å². The minimum Gasteiger partial charge on any atom is -0.339 e. The summed E-state index contributed by atoms with van der Waals surface area (Å²) in [6.07, 6.45) is 2.21. The topological polar surface area (TPSA) is 97.1 Å². The van der Waals surface area contributed by atoms with E-state index in [4.69, 9.17) is 4.52 Å². The second kappa shape index (κ2) is 7.03. The maximum Gasteiger partial charge on any atom is 0.255 e. The van der Waals surface area contributed by atoms with Crippen molar-refractivity contribution in [3.8, 4) is 11.4 Å². The van der Waals surface area contributed by atoms with Gasteiger partial charge in [0.1, 0.15) is 0 Å². The summed E-state index contributed by atoms with van der Waals surface area (Å²) in [6.45, 7) is 1.45. The van der Waals surface area contributed by atoms with E-state index in [0.717, 1.165) is 18.4 Å². The van der Waals surface area contributed by atoms with E-state index in [1.165, 1.54) is 6.92 Å². The molecule has 4 rings (SSSR count). The average Bonchev–Trinajstić information content (AvgIpc) is 3.40. The van der Waals surface area contributed by atoms with Gasteiger partial charge in [0.2, 0.25) is 17.6 Å². The van der Waals surface area contributed by atoms with Crippen LogP contribution in [0.2, 0.25) is 0 Å². The first-order chi connectivity index (χ1) is 13.1. The maximum absolute atomic E-state index is 12.4. The molecule has 1 aromatic heterocycles. The number of hydrogen-bond donors (Lipinski definition) is 2. The van der Waals surface area contributed by atoms with E-state index >= 15 is 0 Å². The van der Waals surface area contributed by atoms with E-state index in [1.807, 2.05) is 0 Å².